The quantitative estimate of drug-likeness (QED) is 0.859. The van der Waals surface area contributed by atoms with Crippen molar-refractivity contribution in [1.29, 1.82) is 0 Å². The van der Waals surface area contributed by atoms with Crippen molar-refractivity contribution in [2.75, 3.05) is 19.6 Å². The molecule has 0 saturated carbocycles. The van der Waals surface area contributed by atoms with Crippen LogP contribution in [0, 0.1) is 0 Å². The predicted molar refractivity (Wildman–Crippen MR) is 85.6 cm³/mol. The van der Waals surface area contributed by atoms with E-state index in [0.29, 0.717) is 5.70 Å². The average Bonchev–Trinajstić information content (AvgIpc) is 2.54. The van der Waals surface area contributed by atoms with Crippen LogP contribution >= 0.6 is 0 Å². The zero-order valence-corrected chi connectivity index (χ0v) is 12.9. The maximum Gasteiger partial charge on any atom is 0.270 e. The van der Waals surface area contributed by atoms with Crippen molar-refractivity contribution < 1.29 is 4.79 Å². The predicted octanol–water partition coefficient (Wildman–Crippen LogP) is 1.86. The third kappa shape index (κ3) is 3.82. The van der Waals surface area contributed by atoms with E-state index in [1.165, 1.54) is 0 Å². The number of likely N-dealkylation sites (tertiary alicyclic amines) is 1. The van der Waals surface area contributed by atoms with Crippen LogP contribution < -0.4 is 5.32 Å². The molecule has 0 bridgehead atoms. The lowest BCUT2D eigenvalue weighted by Crippen LogP contribution is -2.48. The summed E-state index contributed by atoms with van der Waals surface area (Å²) in [6, 6.07) is 0.216. The van der Waals surface area contributed by atoms with Gasteiger partial charge in [0.1, 0.15) is 5.70 Å². The lowest BCUT2D eigenvalue weighted by atomic mass is 10.1. The summed E-state index contributed by atoms with van der Waals surface area (Å²) in [5.41, 5.74) is 1.36. The highest BCUT2D eigenvalue weighted by Crippen LogP contribution is 2.16. The Kier molecular flexibility index (Phi) is 5.33. The first-order valence-corrected chi connectivity index (χ1v) is 7.54. The molecule has 1 unspecified atom stereocenters. The number of piperidine rings is 1. The first kappa shape index (κ1) is 15.5. The van der Waals surface area contributed by atoms with Crippen LogP contribution in [0.4, 0.5) is 0 Å². The van der Waals surface area contributed by atoms with Gasteiger partial charge in [-0.2, -0.15) is 0 Å². The van der Waals surface area contributed by atoms with Crippen molar-refractivity contribution in [2.45, 2.75) is 32.7 Å². The molecule has 1 N–H and O–H groups in total. The molecule has 0 spiro atoms. The minimum absolute atomic E-state index is 0.0998. The van der Waals surface area contributed by atoms with Crippen LogP contribution in [0.25, 0.3) is 0 Å². The van der Waals surface area contributed by atoms with Crippen LogP contribution in [0.2, 0.25) is 0 Å². The van der Waals surface area contributed by atoms with E-state index < -0.39 is 0 Å². The minimum Gasteiger partial charge on any atom is -0.347 e. The molecule has 0 aromatic rings. The number of hydrogen-bond acceptors (Lipinski definition) is 4. The topological polar surface area (TPSA) is 47.9 Å². The number of allylic oxidation sites excluding steroid dienone is 2. The fraction of sp³-hybridized carbons (Fsp3) is 0.500. The van der Waals surface area contributed by atoms with Crippen molar-refractivity contribution in [3.63, 3.8) is 0 Å². The van der Waals surface area contributed by atoms with Crippen LogP contribution in [0.3, 0.4) is 0 Å². The van der Waals surface area contributed by atoms with Crippen LogP contribution in [0.15, 0.2) is 41.3 Å². The van der Waals surface area contributed by atoms with Gasteiger partial charge in [-0.05, 0) is 38.9 Å². The van der Waals surface area contributed by atoms with Gasteiger partial charge < -0.3 is 15.1 Å². The summed E-state index contributed by atoms with van der Waals surface area (Å²) >= 11 is 0. The Morgan fingerprint density at radius 1 is 1.62 bits per heavy atom. The minimum atomic E-state index is -0.0998. The highest BCUT2D eigenvalue weighted by atomic mass is 16.2. The van der Waals surface area contributed by atoms with E-state index >= 15 is 0 Å². The van der Waals surface area contributed by atoms with Crippen molar-refractivity contribution in [3.8, 4) is 0 Å². The molecule has 0 radical (unpaired) electrons. The van der Waals surface area contributed by atoms with Gasteiger partial charge in [0.15, 0.2) is 0 Å². The molecule has 114 valence electrons. The molecule has 1 amide bonds. The molecular formula is C16H24N4O. The van der Waals surface area contributed by atoms with E-state index in [1.807, 2.05) is 13.0 Å². The Morgan fingerprint density at radius 3 is 3.10 bits per heavy atom. The van der Waals surface area contributed by atoms with Gasteiger partial charge in [0.2, 0.25) is 0 Å². The molecule has 21 heavy (non-hydrogen) atoms. The molecule has 0 aromatic carbocycles. The largest absolute Gasteiger partial charge is 0.347 e. The normalized spacial score (nSPS) is 24.9. The number of carbonyl (C=O) groups excluding carboxylic acids is 1. The number of nitrogens with zero attached hydrogens (tertiary/aromatic N) is 3. The first-order valence-electron chi connectivity index (χ1n) is 7.54. The Bertz CT molecular complexity index is 493. The molecular weight excluding hydrogens is 264 g/mol. The smallest absolute Gasteiger partial charge is 0.270 e. The monoisotopic (exact) mass is 288 g/mol. The highest BCUT2D eigenvalue weighted by Gasteiger charge is 2.22. The molecule has 1 fully saturated rings. The molecule has 2 aliphatic heterocycles. The third-order valence-corrected chi connectivity index (χ3v) is 3.92. The van der Waals surface area contributed by atoms with Gasteiger partial charge in [-0.15, -0.1) is 0 Å². The summed E-state index contributed by atoms with van der Waals surface area (Å²) in [5.74, 6) is -0.0998. The van der Waals surface area contributed by atoms with Crippen LogP contribution in [0.5, 0.6) is 0 Å². The number of likely N-dealkylation sites (N-methyl/N-ethyl adjacent to an activating group) is 1. The summed E-state index contributed by atoms with van der Waals surface area (Å²) < 4.78 is 0. The van der Waals surface area contributed by atoms with Crippen molar-refractivity contribution in [3.05, 3.63) is 36.3 Å². The molecule has 2 aliphatic rings. The number of nitrogens with one attached hydrogen (secondary N) is 1. The molecule has 1 saturated heterocycles. The fourth-order valence-electron chi connectivity index (χ4n) is 2.67. The average molecular weight is 288 g/mol. The van der Waals surface area contributed by atoms with Crippen molar-refractivity contribution in [2.24, 2.45) is 4.99 Å². The van der Waals surface area contributed by atoms with Gasteiger partial charge in [0, 0.05) is 24.5 Å². The van der Waals surface area contributed by atoms with Gasteiger partial charge in [-0.25, -0.2) is 4.99 Å². The zero-order chi connectivity index (χ0) is 15.2. The molecule has 2 rings (SSSR count). The first-order chi connectivity index (χ1) is 10.2. The highest BCUT2D eigenvalue weighted by molar-refractivity contribution is 5.96. The maximum absolute atomic E-state index is 12.3. The Labute approximate surface area is 126 Å². The summed E-state index contributed by atoms with van der Waals surface area (Å²) in [7, 11) is 0. The van der Waals surface area contributed by atoms with E-state index in [-0.39, 0.29) is 11.9 Å². The van der Waals surface area contributed by atoms with Gasteiger partial charge in [0.05, 0.1) is 6.34 Å². The standard InChI is InChI=1S/C16H24N4O/c1-4-14-10-15(17-12-20(14)6-3)16(21)18-13-8-7-9-19(5-2)11-13/h4,6,10,12-13H,3,5,7-9,11H2,1-2H3,(H,18,21)/b14-4-. The SMILES string of the molecule is C=CN1C=NC(C(=O)NC2CCCN(CC)C2)=C/C1=C/C. The fourth-order valence-corrected chi connectivity index (χ4v) is 2.67. The molecule has 0 aromatic heterocycles. The zero-order valence-electron chi connectivity index (χ0n) is 12.9. The summed E-state index contributed by atoms with van der Waals surface area (Å²) in [6.45, 7) is 10.9. The molecule has 2 heterocycles. The number of amides is 1. The molecule has 0 aliphatic carbocycles. The van der Waals surface area contributed by atoms with Gasteiger partial charge in [-0.3, -0.25) is 4.79 Å². The Hall–Kier alpha value is -1.88. The second-order valence-corrected chi connectivity index (χ2v) is 5.28. The van der Waals surface area contributed by atoms with E-state index in [2.05, 4.69) is 28.7 Å². The number of hydrogen-bond donors (Lipinski definition) is 1. The van der Waals surface area contributed by atoms with E-state index in [0.717, 1.165) is 38.2 Å². The second kappa shape index (κ2) is 7.22. The number of rotatable bonds is 4. The van der Waals surface area contributed by atoms with E-state index in [1.54, 1.807) is 23.5 Å². The van der Waals surface area contributed by atoms with E-state index in [4.69, 9.17) is 0 Å². The van der Waals surface area contributed by atoms with Gasteiger partial charge >= 0.3 is 0 Å². The molecule has 5 heteroatoms. The number of carbonyl (C=O) groups is 1. The lowest BCUT2D eigenvalue weighted by Gasteiger charge is -2.32. The summed E-state index contributed by atoms with van der Waals surface area (Å²) in [6.07, 6.45) is 9.18. The van der Waals surface area contributed by atoms with Crippen molar-refractivity contribution in [1.82, 2.24) is 15.1 Å². The number of aliphatic imine (C=N–C) groups is 1. The lowest BCUT2D eigenvalue weighted by molar-refractivity contribution is -0.118. The van der Waals surface area contributed by atoms with Crippen LogP contribution in [-0.4, -0.2) is 47.7 Å². The molecule has 5 nitrogen and oxygen atoms in total. The maximum atomic E-state index is 12.3. The Balaban J connectivity index is 1.99. The molecule has 1 atom stereocenters. The second-order valence-electron chi connectivity index (χ2n) is 5.28. The van der Waals surface area contributed by atoms with Gasteiger partial charge in [0.25, 0.3) is 5.91 Å². The van der Waals surface area contributed by atoms with Crippen molar-refractivity contribution >= 4 is 12.2 Å². The van der Waals surface area contributed by atoms with E-state index in [9.17, 15) is 4.79 Å². The summed E-state index contributed by atoms with van der Waals surface area (Å²) in [5, 5.41) is 3.10. The third-order valence-electron chi connectivity index (χ3n) is 3.92. The summed E-state index contributed by atoms with van der Waals surface area (Å²) in [4.78, 5) is 20.7. The Morgan fingerprint density at radius 2 is 2.43 bits per heavy atom. The van der Waals surface area contributed by atoms with Gasteiger partial charge in [-0.1, -0.05) is 19.6 Å². The van der Waals surface area contributed by atoms with Crippen LogP contribution in [-0.2, 0) is 4.79 Å². The van der Waals surface area contributed by atoms with Crippen LogP contribution in [0.1, 0.15) is 26.7 Å².